The molecule has 1 saturated heterocycles. The zero-order valence-electron chi connectivity index (χ0n) is 10.5. The molecule has 4 nitrogen and oxygen atoms in total. The molecule has 0 aromatic carbocycles. The molecular formula is C12H22N2O2. The molecule has 1 aliphatic heterocycles. The molecule has 0 unspecified atom stereocenters. The quantitative estimate of drug-likeness (QED) is 0.723. The van der Waals surface area contributed by atoms with Crippen molar-refractivity contribution in [3.05, 3.63) is 0 Å². The van der Waals surface area contributed by atoms with Gasteiger partial charge in [0.15, 0.2) is 0 Å². The summed E-state index contributed by atoms with van der Waals surface area (Å²) in [6, 6.07) is 0. The number of piperazine rings is 1. The molecule has 1 aliphatic rings. The van der Waals surface area contributed by atoms with Gasteiger partial charge in [-0.05, 0) is 6.42 Å². The molecule has 0 N–H and O–H groups in total. The fourth-order valence-electron chi connectivity index (χ4n) is 1.91. The van der Waals surface area contributed by atoms with E-state index in [1.165, 1.54) is 0 Å². The first-order valence-corrected chi connectivity index (χ1v) is 6.12. The minimum atomic E-state index is 0.0536. The molecule has 1 heterocycles. The minimum absolute atomic E-state index is 0.0536. The topological polar surface area (TPSA) is 40.6 Å². The molecule has 4 heteroatoms. The average Bonchev–Trinajstić information content (AvgIpc) is 2.28. The van der Waals surface area contributed by atoms with Crippen LogP contribution in [0.4, 0.5) is 0 Å². The highest BCUT2D eigenvalue weighted by Gasteiger charge is 2.24. The van der Waals surface area contributed by atoms with Gasteiger partial charge in [0, 0.05) is 38.5 Å². The fraction of sp³-hybridized carbons (Fsp3) is 0.833. The predicted molar refractivity (Wildman–Crippen MR) is 62.9 cm³/mol. The second-order valence-electron chi connectivity index (χ2n) is 4.61. The van der Waals surface area contributed by atoms with Gasteiger partial charge in [-0.15, -0.1) is 0 Å². The van der Waals surface area contributed by atoms with Crippen LogP contribution in [0.5, 0.6) is 0 Å². The van der Waals surface area contributed by atoms with E-state index in [4.69, 9.17) is 0 Å². The molecule has 1 rings (SSSR count). The first kappa shape index (κ1) is 13.0. The second kappa shape index (κ2) is 5.87. The zero-order chi connectivity index (χ0) is 12.1. The Kier molecular flexibility index (Phi) is 4.77. The summed E-state index contributed by atoms with van der Waals surface area (Å²) in [5.41, 5.74) is 0. The summed E-state index contributed by atoms with van der Waals surface area (Å²) in [4.78, 5) is 27.1. The maximum absolute atomic E-state index is 11.7. The van der Waals surface area contributed by atoms with Gasteiger partial charge in [-0.2, -0.15) is 0 Å². The molecule has 0 saturated carbocycles. The van der Waals surface area contributed by atoms with Crippen LogP contribution in [-0.2, 0) is 9.59 Å². The molecule has 0 aliphatic carbocycles. The monoisotopic (exact) mass is 226 g/mol. The summed E-state index contributed by atoms with van der Waals surface area (Å²) in [6.07, 6.45) is 1.52. The van der Waals surface area contributed by atoms with Gasteiger partial charge >= 0.3 is 0 Å². The summed E-state index contributed by atoms with van der Waals surface area (Å²) < 4.78 is 0. The normalized spacial score (nSPS) is 16.8. The molecule has 92 valence electrons. The molecule has 2 amide bonds. The first-order valence-electron chi connectivity index (χ1n) is 6.12. The van der Waals surface area contributed by atoms with Crippen molar-refractivity contribution < 1.29 is 9.59 Å². The molecule has 0 bridgehead atoms. The maximum Gasteiger partial charge on any atom is 0.225 e. The van der Waals surface area contributed by atoms with Gasteiger partial charge < -0.3 is 9.80 Å². The van der Waals surface area contributed by atoms with Gasteiger partial charge in [0.05, 0.1) is 0 Å². The van der Waals surface area contributed by atoms with Crippen molar-refractivity contribution in [1.82, 2.24) is 9.80 Å². The van der Waals surface area contributed by atoms with E-state index in [0.717, 1.165) is 6.42 Å². The van der Waals surface area contributed by atoms with Crippen molar-refractivity contribution in [2.75, 3.05) is 26.2 Å². The van der Waals surface area contributed by atoms with Gasteiger partial charge in [0.2, 0.25) is 11.8 Å². The van der Waals surface area contributed by atoms with E-state index < -0.39 is 0 Å². The van der Waals surface area contributed by atoms with Crippen molar-refractivity contribution in [1.29, 1.82) is 0 Å². The summed E-state index contributed by atoms with van der Waals surface area (Å²) in [7, 11) is 0. The highest BCUT2D eigenvalue weighted by Crippen LogP contribution is 2.08. The molecule has 0 atom stereocenters. The van der Waals surface area contributed by atoms with Crippen LogP contribution >= 0.6 is 0 Å². The van der Waals surface area contributed by atoms with Crippen LogP contribution in [0.15, 0.2) is 0 Å². The lowest BCUT2D eigenvalue weighted by Crippen LogP contribution is -2.51. The van der Waals surface area contributed by atoms with Gasteiger partial charge in [-0.3, -0.25) is 9.59 Å². The number of amides is 2. The lowest BCUT2D eigenvalue weighted by atomic mass is 10.1. The third-order valence-electron chi connectivity index (χ3n) is 2.90. The summed E-state index contributed by atoms with van der Waals surface area (Å²) >= 11 is 0. The Morgan fingerprint density at radius 2 is 1.56 bits per heavy atom. The summed E-state index contributed by atoms with van der Waals surface area (Å²) in [6.45, 7) is 8.60. The van der Waals surface area contributed by atoms with Crippen LogP contribution in [0.3, 0.4) is 0 Å². The Morgan fingerprint density at radius 3 is 2.00 bits per heavy atom. The zero-order valence-corrected chi connectivity index (χ0v) is 10.5. The van der Waals surface area contributed by atoms with Crippen LogP contribution in [0.1, 0.15) is 33.6 Å². The van der Waals surface area contributed by atoms with E-state index in [1.807, 2.05) is 30.6 Å². The third-order valence-corrected chi connectivity index (χ3v) is 2.90. The minimum Gasteiger partial charge on any atom is -0.339 e. The molecule has 0 aromatic rings. The lowest BCUT2D eigenvalue weighted by Gasteiger charge is -2.35. The van der Waals surface area contributed by atoms with Crippen molar-refractivity contribution in [3.8, 4) is 0 Å². The molecular weight excluding hydrogens is 204 g/mol. The Morgan fingerprint density at radius 1 is 1.06 bits per heavy atom. The van der Waals surface area contributed by atoms with Crippen LogP contribution in [0, 0.1) is 5.92 Å². The van der Waals surface area contributed by atoms with Crippen molar-refractivity contribution in [3.63, 3.8) is 0 Å². The number of carbonyl (C=O) groups excluding carboxylic acids is 2. The van der Waals surface area contributed by atoms with Crippen molar-refractivity contribution in [2.45, 2.75) is 33.6 Å². The number of hydrogen-bond donors (Lipinski definition) is 0. The SMILES string of the molecule is CCCC(=O)N1CCN(C(=O)C(C)C)CC1. The Balaban J connectivity index is 2.39. The van der Waals surface area contributed by atoms with Gasteiger partial charge in [-0.25, -0.2) is 0 Å². The Labute approximate surface area is 97.6 Å². The molecule has 0 spiro atoms. The van der Waals surface area contributed by atoms with E-state index in [2.05, 4.69) is 0 Å². The van der Waals surface area contributed by atoms with Crippen molar-refractivity contribution in [2.24, 2.45) is 5.92 Å². The average molecular weight is 226 g/mol. The Hall–Kier alpha value is -1.06. The van der Waals surface area contributed by atoms with E-state index in [1.54, 1.807) is 0 Å². The van der Waals surface area contributed by atoms with E-state index in [0.29, 0.717) is 32.6 Å². The third kappa shape index (κ3) is 3.22. The number of carbonyl (C=O) groups is 2. The lowest BCUT2D eigenvalue weighted by molar-refractivity contribution is -0.141. The van der Waals surface area contributed by atoms with Crippen molar-refractivity contribution >= 4 is 11.8 Å². The summed E-state index contributed by atoms with van der Waals surface area (Å²) in [5, 5.41) is 0. The predicted octanol–water partition coefficient (Wildman–Crippen LogP) is 1.11. The molecule has 1 fully saturated rings. The van der Waals surface area contributed by atoms with Gasteiger partial charge in [-0.1, -0.05) is 20.8 Å². The number of rotatable bonds is 3. The van der Waals surface area contributed by atoms with E-state index in [9.17, 15) is 9.59 Å². The smallest absolute Gasteiger partial charge is 0.225 e. The van der Waals surface area contributed by atoms with Crippen LogP contribution in [0.2, 0.25) is 0 Å². The number of hydrogen-bond acceptors (Lipinski definition) is 2. The first-order chi connectivity index (χ1) is 7.56. The second-order valence-corrected chi connectivity index (χ2v) is 4.61. The molecule has 0 radical (unpaired) electrons. The highest BCUT2D eigenvalue weighted by molar-refractivity contribution is 5.79. The van der Waals surface area contributed by atoms with E-state index >= 15 is 0 Å². The largest absolute Gasteiger partial charge is 0.339 e. The van der Waals surface area contributed by atoms with Gasteiger partial charge in [0.25, 0.3) is 0 Å². The van der Waals surface area contributed by atoms with Gasteiger partial charge in [0.1, 0.15) is 0 Å². The Bertz CT molecular complexity index is 256. The maximum atomic E-state index is 11.7. The van der Waals surface area contributed by atoms with Crippen LogP contribution in [-0.4, -0.2) is 47.8 Å². The fourth-order valence-corrected chi connectivity index (χ4v) is 1.91. The standard InChI is InChI=1S/C12H22N2O2/c1-4-5-11(15)13-6-8-14(9-7-13)12(16)10(2)3/h10H,4-9H2,1-3H3. The van der Waals surface area contributed by atoms with Crippen LogP contribution in [0.25, 0.3) is 0 Å². The number of nitrogens with zero attached hydrogens (tertiary/aromatic N) is 2. The van der Waals surface area contributed by atoms with E-state index in [-0.39, 0.29) is 17.7 Å². The van der Waals surface area contributed by atoms with Crippen LogP contribution < -0.4 is 0 Å². The summed E-state index contributed by atoms with van der Waals surface area (Å²) in [5.74, 6) is 0.472. The molecule has 0 aromatic heterocycles. The molecule has 16 heavy (non-hydrogen) atoms. The highest BCUT2D eigenvalue weighted by atomic mass is 16.2.